The summed E-state index contributed by atoms with van der Waals surface area (Å²) in [6, 6.07) is 12.3. The molecule has 0 radical (unpaired) electrons. The fraction of sp³-hybridized carbons (Fsp3) is 0.227. The minimum atomic E-state index is -0.600. The third-order valence-corrected chi connectivity index (χ3v) is 5.06. The summed E-state index contributed by atoms with van der Waals surface area (Å²) in [7, 11) is 0. The summed E-state index contributed by atoms with van der Waals surface area (Å²) in [4.78, 5) is 21.1. The van der Waals surface area contributed by atoms with Crippen LogP contribution in [0.1, 0.15) is 22.7 Å². The molecule has 5 nitrogen and oxygen atoms in total. The van der Waals surface area contributed by atoms with Crippen molar-refractivity contribution >= 4 is 29.1 Å². The number of aromatic nitrogens is 2. The molecule has 1 atom stereocenters. The van der Waals surface area contributed by atoms with Gasteiger partial charge in [0.05, 0.1) is 0 Å². The number of nitrogens with one attached hydrogen (secondary N) is 2. The molecule has 0 fully saturated rings. The summed E-state index contributed by atoms with van der Waals surface area (Å²) in [5, 5.41) is 7.33. The molecule has 0 aliphatic heterocycles. The van der Waals surface area contributed by atoms with Gasteiger partial charge in [-0.1, -0.05) is 29.3 Å². The highest BCUT2D eigenvalue weighted by Crippen LogP contribution is 2.26. The Kier molecular flexibility index (Phi) is 7.99. The van der Waals surface area contributed by atoms with E-state index in [0.29, 0.717) is 35.1 Å². The van der Waals surface area contributed by atoms with Gasteiger partial charge in [0, 0.05) is 47.9 Å². The Balaban J connectivity index is 1.66. The lowest BCUT2D eigenvalue weighted by atomic mass is 10.0. The zero-order chi connectivity index (χ0) is 20.5. The van der Waals surface area contributed by atoms with Crippen LogP contribution in [0, 0.1) is 0 Å². The predicted molar refractivity (Wildman–Crippen MR) is 116 cm³/mol. The molecule has 150 valence electrons. The maximum Gasteiger partial charge on any atom is 0.241 e. The molecule has 1 aromatic carbocycles. The maximum atomic E-state index is 12.9. The first kappa shape index (κ1) is 21.2. The number of hydrogen-bond donors (Lipinski definition) is 2. The van der Waals surface area contributed by atoms with Crippen LogP contribution in [0.15, 0.2) is 67.3 Å². The van der Waals surface area contributed by atoms with Gasteiger partial charge in [0.1, 0.15) is 6.04 Å². The molecule has 1 amide bonds. The van der Waals surface area contributed by atoms with Crippen LogP contribution in [0.3, 0.4) is 0 Å². The summed E-state index contributed by atoms with van der Waals surface area (Å²) < 4.78 is 0. The van der Waals surface area contributed by atoms with Gasteiger partial charge in [-0.05, 0) is 65.9 Å². The van der Waals surface area contributed by atoms with E-state index in [1.807, 2.05) is 24.3 Å². The smallest absolute Gasteiger partial charge is 0.241 e. The topological polar surface area (TPSA) is 66.9 Å². The molecule has 0 bridgehead atoms. The normalized spacial score (nSPS) is 11.8. The van der Waals surface area contributed by atoms with Gasteiger partial charge in [0.2, 0.25) is 5.91 Å². The molecule has 29 heavy (non-hydrogen) atoms. The van der Waals surface area contributed by atoms with Gasteiger partial charge in [0.15, 0.2) is 0 Å². The average Bonchev–Trinajstić information content (AvgIpc) is 2.75. The predicted octanol–water partition coefficient (Wildman–Crippen LogP) is 4.02. The minimum Gasteiger partial charge on any atom is -0.354 e. The van der Waals surface area contributed by atoms with E-state index in [0.717, 1.165) is 17.5 Å². The van der Waals surface area contributed by atoms with Crippen molar-refractivity contribution in [2.24, 2.45) is 0 Å². The third kappa shape index (κ3) is 6.53. The Morgan fingerprint density at radius 1 is 0.931 bits per heavy atom. The van der Waals surface area contributed by atoms with Gasteiger partial charge in [-0.2, -0.15) is 0 Å². The summed E-state index contributed by atoms with van der Waals surface area (Å²) in [6.45, 7) is 1.11. The highest BCUT2D eigenvalue weighted by molar-refractivity contribution is 6.33. The Bertz CT molecular complexity index is 923. The number of nitrogens with zero attached hydrogens (tertiary/aromatic N) is 2. The van der Waals surface area contributed by atoms with Crippen LogP contribution < -0.4 is 10.6 Å². The molecule has 2 aromatic heterocycles. The second-order valence-electron chi connectivity index (χ2n) is 6.56. The van der Waals surface area contributed by atoms with Crippen molar-refractivity contribution in [1.29, 1.82) is 0 Å². The number of carbonyl (C=O) groups excluding carboxylic acids is 1. The second kappa shape index (κ2) is 10.9. The first-order chi connectivity index (χ1) is 14.1. The zero-order valence-corrected chi connectivity index (χ0v) is 17.3. The molecule has 2 N–H and O–H groups in total. The van der Waals surface area contributed by atoms with Crippen molar-refractivity contribution in [3.8, 4) is 0 Å². The first-order valence-corrected chi connectivity index (χ1v) is 10.1. The molecule has 0 saturated heterocycles. The Hall–Kier alpha value is -2.47. The van der Waals surface area contributed by atoms with Gasteiger partial charge in [-0.25, -0.2) is 0 Å². The van der Waals surface area contributed by atoms with Crippen molar-refractivity contribution in [2.75, 3.05) is 13.1 Å². The third-order valence-electron chi connectivity index (χ3n) is 4.48. The molecular weight excluding hydrogens is 407 g/mol. The van der Waals surface area contributed by atoms with Crippen LogP contribution in [0.2, 0.25) is 10.0 Å². The Morgan fingerprint density at radius 3 is 2.48 bits per heavy atom. The quantitative estimate of drug-likeness (QED) is 0.539. The number of pyridine rings is 2. The van der Waals surface area contributed by atoms with E-state index < -0.39 is 6.04 Å². The van der Waals surface area contributed by atoms with Crippen LogP contribution in [0.25, 0.3) is 0 Å². The van der Waals surface area contributed by atoms with Crippen LogP contribution in [0.5, 0.6) is 0 Å². The summed E-state index contributed by atoms with van der Waals surface area (Å²) in [5.41, 5.74) is 2.86. The van der Waals surface area contributed by atoms with E-state index >= 15 is 0 Å². The van der Waals surface area contributed by atoms with Crippen molar-refractivity contribution in [3.63, 3.8) is 0 Å². The largest absolute Gasteiger partial charge is 0.354 e. The fourth-order valence-corrected chi connectivity index (χ4v) is 3.38. The summed E-state index contributed by atoms with van der Waals surface area (Å²) in [6.07, 6.45) is 8.50. The van der Waals surface area contributed by atoms with Crippen LogP contribution in [-0.2, 0) is 17.6 Å². The van der Waals surface area contributed by atoms with Crippen molar-refractivity contribution in [1.82, 2.24) is 20.6 Å². The lowest BCUT2D eigenvalue weighted by Gasteiger charge is -2.20. The molecule has 0 aliphatic carbocycles. The van der Waals surface area contributed by atoms with E-state index in [4.69, 9.17) is 23.2 Å². The van der Waals surface area contributed by atoms with Crippen LogP contribution in [-0.4, -0.2) is 29.0 Å². The number of halogens is 2. The van der Waals surface area contributed by atoms with Gasteiger partial charge < -0.3 is 10.6 Å². The molecule has 0 saturated carbocycles. The van der Waals surface area contributed by atoms with Crippen molar-refractivity contribution in [2.45, 2.75) is 18.9 Å². The van der Waals surface area contributed by atoms with E-state index in [9.17, 15) is 4.79 Å². The van der Waals surface area contributed by atoms with Crippen LogP contribution >= 0.6 is 23.2 Å². The SMILES string of the molecule is O=C(NCCc1cccnc1)C(NCCc1ccncc1)c1cc(Cl)ccc1Cl. The first-order valence-electron chi connectivity index (χ1n) is 9.37. The van der Waals surface area contributed by atoms with E-state index in [-0.39, 0.29) is 5.91 Å². The van der Waals surface area contributed by atoms with Crippen molar-refractivity contribution < 1.29 is 4.79 Å². The Morgan fingerprint density at radius 2 is 1.72 bits per heavy atom. The fourth-order valence-electron chi connectivity index (χ4n) is 2.97. The molecule has 7 heteroatoms. The molecule has 1 unspecified atom stereocenters. The number of hydrogen-bond acceptors (Lipinski definition) is 4. The summed E-state index contributed by atoms with van der Waals surface area (Å²) in [5.74, 6) is -0.146. The lowest BCUT2D eigenvalue weighted by Crippen LogP contribution is -2.39. The molecule has 3 rings (SSSR count). The number of amides is 1. The lowest BCUT2D eigenvalue weighted by molar-refractivity contribution is -0.123. The van der Waals surface area contributed by atoms with Crippen molar-refractivity contribution in [3.05, 3.63) is 94.0 Å². The van der Waals surface area contributed by atoms with Gasteiger partial charge in [0.25, 0.3) is 0 Å². The van der Waals surface area contributed by atoms with Gasteiger partial charge >= 0.3 is 0 Å². The standard InChI is InChI=1S/C22H22Cl2N4O/c23-18-3-4-20(24)19(14-18)21(27-12-7-16-5-10-25-11-6-16)22(29)28-13-8-17-2-1-9-26-15-17/h1-6,9-11,14-15,21,27H,7-8,12-13H2,(H,28,29). The van der Waals surface area contributed by atoms with Crippen LogP contribution in [0.4, 0.5) is 0 Å². The number of rotatable bonds is 9. The molecule has 0 spiro atoms. The zero-order valence-electron chi connectivity index (χ0n) is 15.8. The highest BCUT2D eigenvalue weighted by Gasteiger charge is 2.22. The number of carbonyl (C=O) groups is 1. The van der Waals surface area contributed by atoms with E-state index in [1.54, 1.807) is 43.0 Å². The number of benzene rings is 1. The van der Waals surface area contributed by atoms with Gasteiger partial charge in [-0.15, -0.1) is 0 Å². The molecule has 0 aliphatic rings. The summed E-state index contributed by atoms with van der Waals surface area (Å²) >= 11 is 12.5. The average molecular weight is 429 g/mol. The molecular formula is C22H22Cl2N4O. The monoisotopic (exact) mass is 428 g/mol. The minimum absolute atomic E-state index is 0.146. The van der Waals surface area contributed by atoms with E-state index in [1.165, 1.54) is 0 Å². The Labute approximate surface area is 180 Å². The molecule has 2 heterocycles. The second-order valence-corrected chi connectivity index (χ2v) is 7.40. The van der Waals surface area contributed by atoms with Gasteiger partial charge in [-0.3, -0.25) is 14.8 Å². The highest BCUT2D eigenvalue weighted by atomic mass is 35.5. The molecule has 3 aromatic rings. The van der Waals surface area contributed by atoms with E-state index in [2.05, 4.69) is 20.6 Å². The maximum absolute atomic E-state index is 12.9.